The zero-order chi connectivity index (χ0) is 28.9. The third-order valence-electron chi connectivity index (χ3n) is 5.90. The molecule has 0 aliphatic rings. The summed E-state index contributed by atoms with van der Waals surface area (Å²) in [6.07, 6.45) is 3.54. The Morgan fingerprint density at radius 3 is 2.46 bits per heavy atom. The standard InChI is InChI=1S/C29H24BrN7O3S/c1-16(2)23-9-8-22-26(36-23)32-15-33-27(22)37-24-11-17(28(38)34-20-12-18(30)13-31-14-20)3-10-25(24)41-21-6-4-19(5-7-21)35-29(39)40/h3-16,35H,1-2H3,(H,34,38)(H,39,40)(H,32,33,36,37). The van der Waals surface area contributed by atoms with E-state index in [0.29, 0.717) is 34.1 Å². The molecule has 3 heterocycles. The van der Waals surface area contributed by atoms with Crippen LogP contribution in [-0.4, -0.2) is 37.0 Å². The van der Waals surface area contributed by atoms with Gasteiger partial charge in [-0.05, 0) is 82.5 Å². The summed E-state index contributed by atoms with van der Waals surface area (Å²) in [7, 11) is 0. The minimum Gasteiger partial charge on any atom is -0.465 e. The lowest BCUT2D eigenvalue weighted by molar-refractivity contribution is 0.102. The van der Waals surface area contributed by atoms with Crippen LogP contribution in [0.5, 0.6) is 0 Å². The summed E-state index contributed by atoms with van der Waals surface area (Å²) in [5.41, 5.74) is 3.60. The number of carbonyl (C=O) groups excluding carboxylic acids is 1. The Hall–Kier alpha value is -4.55. The van der Waals surface area contributed by atoms with Gasteiger partial charge < -0.3 is 15.7 Å². The summed E-state index contributed by atoms with van der Waals surface area (Å²) in [4.78, 5) is 43.4. The highest BCUT2D eigenvalue weighted by Gasteiger charge is 2.15. The normalized spacial score (nSPS) is 10.9. The molecule has 0 aliphatic heterocycles. The number of aromatic nitrogens is 4. The molecule has 0 fully saturated rings. The molecule has 206 valence electrons. The van der Waals surface area contributed by atoms with Crippen molar-refractivity contribution in [2.45, 2.75) is 29.6 Å². The molecule has 0 saturated heterocycles. The van der Waals surface area contributed by atoms with Crippen molar-refractivity contribution in [3.8, 4) is 0 Å². The topological polar surface area (TPSA) is 142 Å². The van der Waals surface area contributed by atoms with Crippen molar-refractivity contribution >= 4 is 73.6 Å². The number of fused-ring (bicyclic) bond motifs is 1. The van der Waals surface area contributed by atoms with Crippen molar-refractivity contribution < 1.29 is 14.7 Å². The molecular formula is C29H24BrN7O3S. The average molecular weight is 631 g/mol. The number of nitrogens with one attached hydrogen (secondary N) is 3. The number of pyridine rings is 2. The van der Waals surface area contributed by atoms with Crippen LogP contribution in [-0.2, 0) is 0 Å². The number of hydrogen-bond donors (Lipinski definition) is 4. The second-order valence-electron chi connectivity index (χ2n) is 9.22. The molecule has 10 nitrogen and oxygen atoms in total. The second-order valence-corrected chi connectivity index (χ2v) is 11.3. The number of nitrogens with zero attached hydrogens (tertiary/aromatic N) is 4. The summed E-state index contributed by atoms with van der Waals surface area (Å²) in [6, 6.07) is 18.0. The third-order valence-corrected chi connectivity index (χ3v) is 7.42. The lowest BCUT2D eigenvalue weighted by atomic mass is 10.1. The molecule has 12 heteroatoms. The number of halogens is 1. The molecule has 0 spiro atoms. The molecular weight excluding hydrogens is 606 g/mol. The predicted molar refractivity (Wildman–Crippen MR) is 163 cm³/mol. The van der Waals surface area contributed by atoms with Crippen LogP contribution in [0.3, 0.4) is 0 Å². The van der Waals surface area contributed by atoms with E-state index in [1.165, 1.54) is 18.1 Å². The molecule has 0 radical (unpaired) electrons. The molecule has 0 bridgehead atoms. The molecule has 0 aliphatic carbocycles. The Morgan fingerprint density at radius 2 is 1.73 bits per heavy atom. The van der Waals surface area contributed by atoms with E-state index in [-0.39, 0.29) is 11.8 Å². The summed E-state index contributed by atoms with van der Waals surface area (Å²) in [5, 5.41) is 18.3. The van der Waals surface area contributed by atoms with E-state index < -0.39 is 6.09 Å². The largest absolute Gasteiger partial charge is 0.465 e. The van der Waals surface area contributed by atoms with E-state index in [2.05, 4.69) is 65.7 Å². The second kappa shape index (κ2) is 12.3. The summed E-state index contributed by atoms with van der Waals surface area (Å²) < 4.78 is 0.749. The van der Waals surface area contributed by atoms with Crippen LogP contribution in [0.1, 0.15) is 35.8 Å². The van der Waals surface area contributed by atoms with Crippen LogP contribution in [0, 0.1) is 0 Å². The Bertz CT molecular complexity index is 1750. The maximum Gasteiger partial charge on any atom is 0.409 e. The van der Waals surface area contributed by atoms with E-state index in [0.717, 1.165) is 25.3 Å². The predicted octanol–water partition coefficient (Wildman–Crippen LogP) is 7.54. The van der Waals surface area contributed by atoms with E-state index >= 15 is 0 Å². The van der Waals surface area contributed by atoms with Crippen LogP contribution in [0.4, 0.5) is 27.7 Å². The van der Waals surface area contributed by atoms with Gasteiger partial charge >= 0.3 is 6.09 Å². The highest BCUT2D eigenvalue weighted by atomic mass is 79.9. The van der Waals surface area contributed by atoms with Crippen LogP contribution >= 0.6 is 27.7 Å². The lowest BCUT2D eigenvalue weighted by Gasteiger charge is -2.15. The van der Waals surface area contributed by atoms with E-state index in [1.807, 2.05) is 30.3 Å². The van der Waals surface area contributed by atoms with Crippen molar-refractivity contribution in [1.29, 1.82) is 0 Å². The van der Waals surface area contributed by atoms with Crippen LogP contribution < -0.4 is 16.0 Å². The zero-order valence-electron chi connectivity index (χ0n) is 21.9. The first-order chi connectivity index (χ1) is 19.7. The van der Waals surface area contributed by atoms with Gasteiger partial charge in [0.2, 0.25) is 0 Å². The number of anilines is 4. The van der Waals surface area contributed by atoms with Crippen molar-refractivity contribution in [2.75, 3.05) is 16.0 Å². The van der Waals surface area contributed by atoms with E-state index in [4.69, 9.17) is 5.11 Å². The Morgan fingerprint density at radius 1 is 0.927 bits per heavy atom. The van der Waals surface area contributed by atoms with E-state index in [1.54, 1.807) is 42.7 Å². The monoisotopic (exact) mass is 629 g/mol. The van der Waals surface area contributed by atoms with Gasteiger partial charge in [0.05, 0.1) is 23.0 Å². The highest BCUT2D eigenvalue weighted by molar-refractivity contribution is 9.10. The summed E-state index contributed by atoms with van der Waals surface area (Å²) >= 11 is 4.82. The van der Waals surface area contributed by atoms with Gasteiger partial charge in [0.25, 0.3) is 5.91 Å². The van der Waals surface area contributed by atoms with Gasteiger partial charge in [0, 0.05) is 37.4 Å². The summed E-state index contributed by atoms with van der Waals surface area (Å²) in [6.45, 7) is 4.14. The molecule has 3 aromatic heterocycles. The number of rotatable bonds is 8. The van der Waals surface area contributed by atoms with Crippen molar-refractivity contribution in [3.63, 3.8) is 0 Å². The molecule has 41 heavy (non-hydrogen) atoms. The number of carbonyl (C=O) groups is 2. The van der Waals surface area contributed by atoms with Crippen LogP contribution in [0.2, 0.25) is 0 Å². The summed E-state index contributed by atoms with van der Waals surface area (Å²) in [5.74, 6) is 0.500. The molecule has 5 rings (SSSR count). The molecule has 5 aromatic rings. The quantitative estimate of drug-likeness (QED) is 0.137. The fourth-order valence-corrected chi connectivity index (χ4v) is 5.15. The smallest absolute Gasteiger partial charge is 0.409 e. The fourth-order valence-electron chi connectivity index (χ4n) is 3.90. The lowest BCUT2D eigenvalue weighted by Crippen LogP contribution is -2.12. The van der Waals surface area contributed by atoms with Crippen molar-refractivity contribution in [2.24, 2.45) is 0 Å². The molecule has 2 amide bonds. The molecule has 0 saturated carbocycles. The first-order valence-electron chi connectivity index (χ1n) is 12.5. The average Bonchev–Trinajstić information content (AvgIpc) is 2.94. The first kappa shape index (κ1) is 28.0. The number of amides is 2. The van der Waals surface area contributed by atoms with Gasteiger partial charge in [0.15, 0.2) is 5.65 Å². The minimum atomic E-state index is -1.13. The molecule has 2 aromatic carbocycles. The van der Waals surface area contributed by atoms with Gasteiger partial charge in [-0.3, -0.25) is 15.1 Å². The SMILES string of the molecule is CC(C)c1ccc2c(Nc3cc(C(=O)Nc4cncc(Br)c4)ccc3Sc3ccc(NC(=O)O)cc3)ncnc2n1. The van der Waals surface area contributed by atoms with Gasteiger partial charge in [0.1, 0.15) is 12.1 Å². The number of hydrogen-bond acceptors (Lipinski definition) is 8. The minimum absolute atomic E-state index is 0.251. The Kier molecular flexibility index (Phi) is 8.41. The Labute approximate surface area is 248 Å². The Balaban J connectivity index is 1.50. The third kappa shape index (κ3) is 6.97. The number of benzene rings is 2. The van der Waals surface area contributed by atoms with E-state index in [9.17, 15) is 9.59 Å². The van der Waals surface area contributed by atoms with Crippen molar-refractivity contribution in [1.82, 2.24) is 19.9 Å². The van der Waals surface area contributed by atoms with Gasteiger partial charge in [-0.15, -0.1) is 0 Å². The fraction of sp³-hybridized carbons (Fsp3) is 0.103. The van der Waals surface area contributed by atoms with Gasteiger partial charge in [-0.2, -0.15) is 0 Å². The number of carboxylic acid groups (broad SMARTS) is 1. The molecule has 0 unspecified atom stereocenters. The zero-order valence-corrected chi connectivity index (χ0v) is 24.3. The maximum atomic E-state index is 13.2. The van der Waals surface area contributed by atoms with Gasteiger partial charge in [-0.25, -0.2) is 19.7 Å². The maximum absolute atomic E-state index is 13.2. The van der Waals surface area contributed by atoms with Gasteiger partial charge in [-0.1, -0.05) is 25.6 Å². The van der Waals surface area contributed by atoms with Crippen LogP contribution in [0.15, 0.2) is 93.6 Å². The van der Waals surface area contributed by atoms with Crippen molar-refractivity contribution in [3.05, 3.63) is 95.1 Å². The molecule has 0 atom stereocenters. The van der Waals surface area contributed by atoms with Crippen LogP contribution in [0.25, 0.3) is 11.0 Å². The highest BCUT2D eigenvalue weighted by Crippen LogP contribution is 2.37. The first-order valence-corrected chi connectivity index (χ1v) is 14.1. The molecule has 4 N–H and O–H groups in total.